The van der Waals surface area contributed by atoms with Crippen LogP contribution in [-0.2, 0) is 4.79 Å². The summed E-state index contributed by atoms with van der Waals surface area (Å²) in [5.41, 5.74) is 0.802. The first-order valence-corrected chi connectivity index (χ1v) is 9.84. The molecule has 0 unspecified atom stereocenters. The van der Waals surface area contributed by atoms with Crippen molar-refractivity contribution < 1.29 is 9.53 Å². The van der Waals surface area contributed by atoms with Crippen molar-refractivity contribution in [2.75, 3.05) is 25.5 Å². The highest BCUT2D eigenvalue weighted by molar-refractivity contribution is 7.80. The number of halogens is 1. The Labute approximate surface area is 166 Å². The highest BCUT2D eigenvalue weighted by Crippen LogP contribution is 2.29. The predicted octanol–water partition coefficient (Wildman–Crippen LogP) is 4.16. The predicted molar refractivity (Wildman–Crippen MR) is 111 cm³/mol. The zero-order valence-electron chi connectivity index (χ0n) is 15.9. The smallest absolute Gasteiger partial charge is 0.219 e. The number of carbonyl (C=O) groups is 1. The number of nitrogens with one attached hydrogen (secondary N) is 1. The first-order valence-electron chi connectivity index (χ1n) is 9.05. The average Bonchev–Trinajstić information content (AvgIpc) is 2.63. The molecule has 1 atom stereocenters. The largest absolute Gasteiger partial charge is 0.495 e. The Balaban J connectivity index is 2.14. The third-order valence-corrected chi connectivity index (χ3v) is 5.56. The number of amides is 1. The van der Waals surface area contributed by atoms with E-state index in [2.05, 4.69) is 24.1 Å². The Kier molecular flexibility index (Phi) is 7.53. The molecule has 1 aliphatic heterocycles. The normalized spacial score (nSPS) is 16.1. The molecule has 26 heavy (non-hydrogen) atoms. The molecule has 1 aromatic rings. The third kappa shape index (κ3) is 5.01. The van der Waals surface area contributed by atoms with Gasteiger partial charge in [0.1, 0.15) is 5.75 Å². The average molecular weight is 398 g/mol. The lowest BCUT2D eigenvalue weighted by Crippen LogP contribution is -2.52. The number of rotatable bonds is 5. The Morgan fingerprint density at radius 3 is 2.65 bits per heavy atom. The van der Waals surface area contributed by atoms with E-state index in [9.17, 15) is 4.79 Å². The zero-order chi connectivity index (χ0) is 19.3. The van der Waals surface area contributed by atoms with Gasteiger partial charge in [0.25, 0.3) is 0 Å². The number of piperidine rings is 1. The summed E-state index contributed by atoms with van der Waals surface area (Å²) in [6.45, 7) is 7.53. The molecular weight excluding hydrogens is 370 g/mol. The minimum absolute atomic E-state index is 0.144. The minimum atomic E-state index is 0.144. The van der Waals surface area contributed by atoms with E-state index in [-0.39, 0.29) is 5.91 Å². The fourth-order valence-electron chi connectivity index (χ4n) is 3.33. The standard InChI is InChI=1S/C19H28ClN3O2S/c1-5-13(2)23(16-8-10-22(11-9-16)14(3)24)19(26)21-17-7-6-15(20)12-18(17)25-4/h6-7,12-13,16H,5,8-11H2,1-4H3,(H,21,26)/t13-/m0/s1. The SMILES string of the molecule is CC[C@H](C)N(C(=S)Nc1ccc(Cl)cc1OC)C1CCN(C(C)=O)CC1. The van der Waals surface area contributed by atoms with Crippen molar-refractivity contribution in [1.29, 1.82) is 0 Å². The number of anilines is 1. The van der Waals surface area contributed by atoms with Crippen molar-refractivity contribution in [1.82, 2.24) is 9.80 Å². The zero-order valence-corrected chi connectivity index (χ0v) is 17.5. The molecule has 5 nitrogen and oxygen atoms in total. The summed E-state index contributed by atoms with van der Waals surface area (Å²) in [7, 11) is 1.61. The maximum Gasteiger partial charge on any atom is 0.219 e. The Morgan fingerprint density at radius 1 is 1.46 bits per heavy atom. The lowest BCUT2D eigenvalue weighted by atomic mass is 10.0. The van der Waals surface area contributed by atoms with Gasteiger partial charge < -0.3 is 19.9 Å². The van der Waals surface area contributed by atoms with Crippen LogP contribution in [0.1, 0.15) is 40.0 Å². The first kappa shape index (κ1) is 20.8. The molecule has 0 aliphatic carbocycles. The number of hydrogen-bond acceptors (Lipinski definition) is 3. The quantitative estimate of drug-likeness (QED) is 0.756. The van der Waals surface area contributed by atoms with E-state index in [1.165, 1.54) is 0 Å². The van der Waals surface area contributed by atoms with Crippen LogP contribution < -0.4 is 10.1 Å². The van der Waals surface area contributed by atoms with Gasteiger partial charge in [-0.2, -0.15) is 0 Å². The van der Waals surface area contributed by atoms with Gasteiger partial charge in [0.2, 0.25) is 5.91 Å². The van der Waals surface area contributed by atoms with Crippen LogP contribution in [0.25, 0.3) is 0 Å². The molecule has 1 N–H and O–H groups in total. The number of ether oxygens (including phenoxy) is 1. The summed E-state index contributed by atoms with van der Waals surface area (Å²) in [5, 5.41) is 4.63. The molecule has 1 saturated heterocycles. The summed E-state index contributed by atoms with van der Waals surface area (Å²) in [4.78, 5) is 15.8. The van der Waals surface area contributed by atoms with Crippen LogP contribution >= 0.6 is 23.8 Å². The summed E-state index contributed by atoms with van der Waals surface area (Å²) in [5.74, 6) is 0.806. The number of hydrogen-bond donors (Lipinski definition) is 1. The summed E-state index contributed by atoms with van der Waals surface area (Å²) in [6, 6.07) is 6.08. The van der Waals surface area contributed by atoms with Crippen molar-refractivity contribution in [2.24, 2.45) is 0 Å². The number of thiocarbonyl (C=S) groups is 1. The van der Waals surface area contributed by atoms with Gasteiger partial charge in [0.15, 0.2) is 5.11 Å². The fourth-order valence-corrected chi connectivity index (χ4v) is 3.93. The fraction of sp³-hybridized carbons (Fsp3) is 0.579. The molecule has 1 aromatic carbocycles. The van der Waals surface area contributed by atoms with E-state index < -0.39 is 0 Å². The van der Waals surface area contributed by atoms with Crippen LogP contribution in [0.5, 0.6) is 5.75 Å². The van der Waals surface area contributed by atoms with Crippen molar-refractivity contribution in [3.05, 3.63) is 23.2 Å². The lowest BCUT2D eigenvalue weighted by Gasteiger charge is -2.42. The maximum atomic E-state index is 11.6. The topological polar surface area (TPSA) is 44.8 Å². The van der Waals surface area contributed by atoms with Gasteiger partial charge in [0, 0.05) is 43.2 Å². The van der Waals surface area contributed by atoms with Gasteiger partial charge >= 0.3 is 0 Å². The Hall–Kier alpha value is -1.53. The molecule has 0 spiro atoms. The molecule has 0 bridgehead atoms. The van der Waals surface area contributed by atoms with E-state index in [1.54, 1.807) is 20.1 Å². The van der Waals surface area contributed by atoms with Gasteiger partial charge in [-0.1, -0.05) is 18.5 Å². The van der Waals surface area contributed by atoms with Crippen molar-refractivity contribution in [3.8, 4) is 5.75 Å². The minimum Gasteiger partial charge on any atom is -0.495 e. The molecule has 1 heterocycles. The van der Waals surface area contributed by atoms with Crippen LogP contribution in [-0.4, -0.2) is 53.1 Å². The van der Waals surface area contributed by atoms with Crippen molar-refractivity contribution >= 4 is 40.5 Å². The van der Waals surface area contributed by atoms with E-state index in [0.29, 0.717) is 28.0 Å². The number of benzene rings is 1. The number of methoxy groups -OCH3 is 1. The van der Waals surface area contributed by atoms with E-state index >= 15 is 0 Å². The monoisotopic (exact) mass is 397 g/mol. The third-order valence-electron chi connectivity index (χ3n) is 5.01. The molecule has 1 aliphatic rings. The molecule has 0 saturated carbocycles. The van der Waals surface area contributed by atoms with Gasteiger partial charge in [-0.05, 0) is 50.5 Å². The lowest BCUT2D eigenvalue weighted by molar-refractivity contribution is -0.130. The van der Waals surface area contributed by atoms with Crippen LogP contribution in [0.15, 0.2) is 18.2 Å². The second kappa shape index (κ2) is 9.42. The van der Waals surface area contributed by atoms with Gasteiger partial charge in [-0.3, -0.25) is 4.79 Å². The first-order chi connectivity index (χ1) is 12.4. The Morgan fingerprint density at radius 2 is 2.12 bits per heavy atom. The highest BCUT2D eigenvalue weighted by atomic mass is 35.5. The number of nitrogens with zero attached hydrogens (tertiary/aromatic N) is 2. The second-order valence-electron chi connectivity index (χ2n) is 6.68. The molecule has 7 heteroatoms. The van der Waals surface area contributed by atoms with Crippen LogP contribution in [0, 0.1) is 0 Å². The molecule has 144 valence electrons. The Bertz CT molecular complexity index is 648. The summed E-state index contributed by atoms with van der Waals surface area (Å²) < 4.78 is 5.41. The molecule has 0 aromatic heterocycles. The molecule has 1 fully saturated rings. The maximum absolute atomic E-state index is 11.6. The van der Waals surface area contributed by atoms with Gasteiger partial charge in [0.05, 0.1) is 12.8 Å². The van der Waals surface area contributed by atoms with Gasteiger partial charge in [-0.25, -0.2) is 0 Å². The summed E-state index contributed by atoms with van der Waals surface area (Å²) >= 11 is 11.8. The molecule has 2 rings (SSSR count). The highest BCUT2D eigenvalue weighted by Gasteiger charge is 2.30. The number of carbonyl (C=O) groups excluding carboxylic acids is 1. The van der Waals surface area contributed by atoms with Crippen LogP contribution in [0.3, 0.4) is 0 Å². The number of likely N-dealkylation sites (tertiary alicyclic amines) is 1. The van der Waals surface area contributed by atoms with Crippen molar-refractivity contribution in [2.45, 2.75) is 52.1 Å². The molecule has 1 amide bonds. The van der Waals surface area contributed by atoms with E-state index in [4.69, 9.17) is 28.6 Å². The molecular formula is C19H28ClN3O2S. The second-order valence-corrected chi connectivity index (χ2v) is 7.50. The van der Waals surface area contributed by atoms with Gasteiger partial charge in [-0.15, -0.1) is 0 Å². The van der Waals surface area contributed by atoms with Crippen molar-refractivity contribution in [3.63, 3.8) is 0 Å². The van der Waals surface area contributed by atoms with E-state index in [1.807, 2.05) is 17.0 Å². The van der Waals surface area contributed by atoms with E-state index in [0.717, 1.165) is 38.0 Å². The van der Waals surface area contributed by atoms with Crippen LogP contribution in [0.4, 0.5) is 5.69 Å². The van der Waals surface area contributed by atoms with Crippen LogP contribution in [0.2, 0.25) is 5.02 Å². The molecule has 0 radical (unpaired) electrons. The summed E-state index contributed by atoms with van der Waals surface area (Å²) in [6.07, 6.45) is 2.83.